The van der Waals surface area contributed by atoms with E-state index < -0.39 is 0 Å². The Morgan fingerprint density at radius 2 is 2.29 bits per heavy atom. The molecule has 0 aromatic carbocycles. The van der Waals surface area contributed by atoms with Crippen LogP contribution in [0.1, 0.15) is 19.3 Å². The largest absolute Gasteiger partial charge is 0.355 e. The van der Waals surface area contributed by atoms with Crippen LogP contribution in [0.3, 0.4) is 0 Å². The van der Waals surface area contributed by atoms with Gasteiger partial charge in [-0.2, -0.15) is 5.10 Å². The molecule has 116 valence electrons. The Morgan fingerprint density at radius 3 is 3.00 bits per heavy atom. The summed E-state index contributed by atoms with van der Waals surface area (Å²) in [5.74, 6) is -0.0224. The number of aromatic nitrogens is 2. The van der Waals surface area contributed by atoms with E-state index in [1.807, 2.05) is 12.3 Å². The third kappa shape index (κ3) is 4.56. The average molecular weight is 293 g/mol. The fraction of sp³-hybridized carbons (Fsp3) is 0.643. The van der Waals surface area contributed by atoms with Crippen LogP contribution in [-0.4, -0.2) is 52.7 Å². The molecular formula is C14H23N5O2. The van der Waals surface area contributed by atoms with E-state index in [1.165, 1.54) is 0 Å². The van der Waals surface area contributed by atoms with E-state index in [2.05, 4.69) is 10.4 Å². The van der Waals surface area contributed by atoms with Crippen molar-refractivity contribution in [1.82, 2.24) is 20.0 Å². The second kappa shape index (κ2) is 7.78. The molecule has 1 saturated heterocycles. The van der Waals surface area contributed by atoms with Gasteiger partial charge in [-0.3, -0.25) is 14.3 Å². The van der Waals surface area contributed by atoms with Gasteiger partial charge in [0.05, 0.1) is 5.92 Å². The molecule has 1 aliphatic heterocycles. The number of piperidine rings is 1. The average Bonchev–Trinajstić information content (AvgIpc) is 3.03. The first kappa shape index (κ1) is 15.5. The van der Waals surface area contributed by atoms with Gasteiger partial charge in [0.2, 0.25) is 11.8 Å². The maximum Gasteiger partial charge on any atom is 0.224 e. The lowest BCUT2D eigenvalue weighted by molar-refractivity contribution is -0.135. The molecule has 1 atom stereocenters. The van der Waals surface area contributed by atoms with Crippen molar-refractivity contribution in [2.24, 2.45) is 11.7 Å². The Bertz CT molecular complexity index is 460. The quantitative estimate of drug-likeness (QED) is 0.745. The van der Waals surface area contributed by atoms with Crippen molar-refractivity contribution in [1.29, 1.82) is 0 Å². The number of amides is 2. The van der Waals surface area contributed by atoms with Crippen LogP contribution in [-0.2, 0) is 16.1 Å². The summed E-state index contributed by atoms with van der Waals surface area (Å²) < 4.78 is 1.74. The first-order valence-corrected chi connectivity index (χ1v) is 7.43. The van der Waals surface area contributed by atoms with Crippen LogP contribution in [0.15, 0.2) is 18.5 Å². The van der Waals surface area contributed by atoms with Gasteiger partial charge in [0.15, 0.2) is 0 Å². The van der Waals surface area contributed by atoms with Gasteiger partial charge in [0, 0.05) is 51.5 Å². The summed E-state index contributed by atoms with van der Waals surface area (Å²) in [6, 6.07) is 1.84. The summed E-state index contributed by atoms with van der Waals surface area (Å²) >= 11 is 0. The van der Waals surface area contributed by atoms with E-state index in [9.17, 15) is 9.59 Å². The summed E-state index contributed by atoms with van der Waals surface area (Å²) in [5, 5.41) is 6.88. The van der Waals surface area contributed by atoms with Gasteiger partial charge in [-0.15, -0.1) is 0 Å². The third-order valence-electron chi connectivity index (χ3n) is 3.70. The monoisotopic (exact) mass is 293 g/mol. The molecule has 0 saturated carbocycles. The highest BCUT2D eigenvalue weighted by atomic mass is 16.2. The predicted octanol–water partition coefficient (Wildman–Crippen LogP) is -0.413. The molecule has 1 aromatic heterocycles. The fourth-order valence-electron chi connectivity index (χ4n) is 2.56. The summed E-state index contributed by atoms with van der Waals surface area (Å²) in [6.07, 6.45) is 5.65. The molecule has 7 heteroatoms. The first-order valence-electron chi connectivity index (χ1n) is 7.43. The minimum atomic E-state index is -0.112. The molecule has 1 aliphatic rings. The lowest BCUT2D eigenvalue weighted by Crippen LogP contribution is -2.46. The van der Waals surface area contributed by atoms with Gasteiger partial charge in [-0.1, -0.05) is 0 Å². The molecule has 2 amide bonds. The maximum atomic E-state index is 12.2. The number of nitrogens with zero attached hydrogens (tertiary/aromatic N) is 3. The molecular weight excluding hydrogens is 270 g/mol. The van der Waals surface area contributed by atoms with E-state index in [4.69, 9.17) is 5.73 Å². The van der Waals surface area contributed by atoms with Gasteiger partial charge in [-0.25, -0.2) is 0 Å². The number of hydrogen-bond acceptors (Lipinski definition) is 4. The van der Waals surface area contributed by atoms with Crippen molar-refractivity contribution in [2.45, 2.75) is 25.8 Å². The van der Waals surface area contributed by atoms with Gasteiger partial charge in [0.1, 0.15) is 0 Å². The van der Waals surface area contributed by atoms with Crippen LogP contribution in [0.25, 0.3) is 0 Å². The molecule has 0 spiro atoms. The number of likely N-dealkylation sites (tertiary alicyclic amines) is 1. The van der Waals surface area contributed by atoms with Gasteiger partial charge < -0.3 is 16.0 Å². The van der Waals surface area contributed by atoms with Crippen LogP contribution in [0.4, 0.5) is 0 Å². The standard InChI is InChI=1S/C14H23N5O2/c15-5-7-16-14(21)12-3-1-8-18(11-12)13(20)4-10-19-9-2-6-17-19/h2,6,9,12H,1,3-5,7-8,10-11,15H2,(H,16,21). The highest BCUT2D eigenvalue weighted by molar-refractivity contribution is 5.81. The van der Waals surface area contributed by atoms with Gasteiger partial charge in [0.25, 0.3) is 0 Å². The lowest BCUT2D eigenvalue weighted by atomic mass is 9.97. The second-order valence-electron chi connectivity index (χ2n) is 5.28. The Labute approximate surface area is 124 Å². The highest BCUT2D eigenvalue weighted by Gasteiger charge is 2.27. The highest BCUT2D eigenvalue weighted by Crippen LogP contribution is 2.17. The van der Waals surface area contributed by atoms with Crippen LogP contribution in [0.5, 0.6) is 0 Å². The van der Waals surface area contributed by atoms with E-state index in [0.29, 0.717) is 32.6 Å². The summed E-state index contributed by atoms with van der Waals surface area (Å²) in [4.78, 5) is 26.0. The molecule has 0 radical (unpaired) electrons. The zero-order valence-electron chi connectivity index (χ0n) is 12.2. The van der Waals surface area contributed by atoms with Crippen LogP contribution in [0.2, 0.25) is 0 Å². The Morgan fingerprint density at radius 1 is 1.43 bits per heavy atom. The molecule has 1 unspecified atom stereocenters. The van der Waals surface area contributed by atoms with Crippen molar-refractivity contribution < 1.29 is 9.59 Å². The molecule has 7 nitrogen and oxygen atoms in total. The van der Waals surface area contributed by atoms with Crippen LogP contribution < -0.4 is 11.1 Å². The van der Waals surface area contributed by atoms with Crippen molar-refractivity contribution in [3.63, 3.8) is 0 Å². The minimum Gasteiger partial charge on any atom is -0.355 e. The maximum absolute atomic E-state index is 12.2. The number of nitrogens with two attached hydrogens (primary N) is 1. The number of nitrogens with one attached hydrogen (secondary N) is 1. The van der Waals surface area contributed by atoms with Crippen LogP contribution in [0, 0.1) is 5.92 Å². The smallest absolute Gasteiger partial charge is 0.224 e. The minimum absolute atomic E-state index is 0.00465. The van der Waals surface area contributed by atoms with Crippen molar-refractivity contribution in [3.05, 3.63) is 18.5 Å². The van der Waals surface area contributed by atoms with E-state index in [-0.39, 0.29) is 17.7 Å². The van der Waals surface area contributed by atoms with Gasteiger partial charge in [-0.05, 0) is 18.9 Å². The zero-order chi connectivity index (χ0) is 15.1. The van der Waals surface area contributed by atoms with Gasteiger partial charge >= 0.3 is 0 Å². The molecule has 21 heavy (non-hydrogen) atoms. The van der Waals surface area contributed by atoms with E-state index in [0.717, 1.165) is 19.4 Å². The van der Waals surface area contributed by atoms with E-state index >= 15 is 0 Å². The van der Waals surface area contributed by atoms with Crippen LogP contribution >= 0.6 is 0 Å². The third-order valence-corrected chi connectivity index (χ3v) is 3.70. The Hall–Kier alpha value is -1.89. The number of rotatable bonds is 6. The zero-order valence-corrected chi connectivity index (χ0v) is 12.2. The summed E-state index contributed by atoms with van der Waals surface area (Å²) in [5.41, 5.74) is 5.38. The molecule has 1 fully saturated rings. The molecule has 3 N–H and O–H groups in total. The predicted molar refractivity (Wildman–Crippen MR) is 78.2 cm³/mol. The molecule has 2 rings (SSSR count). The fourth-order valence-corrected chi connectivity index (χ4v) is 2.56. The van der Waals surface area contributed by atoms with Crippen molar-refractivity contribution >= 4 is 11.8 Å². The first-order chi connectivity index (χ1) is 10.2. The lowest BCUT2D eigenvalue weighted by Gasteiger charge is -2.32. The number of hydrogen-bond donors (Lipinski definition) is 2. The topological polar surface area (TPSA) is 93.3 Å². The Kier molecular flexibility index (Phi) is 5.74. The number of carbonyl (C=O) groups excluding carboxylic acids is 2. The van der Waals surface area contributed by atoms with Crippen molar-refractivity contribution in [2.75, 3.05) is 26.2 Å². The Balaban J connectivity index is 1.79. The van der Waals surface area contributed by atoms with E-state index in [1.54, 1.807) is 15.8 Å². The summed E-state index contributed by atoms with van der Waals surface area (Å²) in [6.45, 7) is 2.74. The summed E-state index contributed by atoms with van der Waals surface area (Å²) in [7, 11) is 0. The van der Waals surface area contributed by atoms with Crippen molar-refractivity contribution in [3.8, 4) is 0 Å². The molecule has 2 heterocycles. The normalized spacial score (nSPS) is 18.5. The molecule has 0 bridgehead atoms. The SMILES string of the molecule is NCCNC(=O)C1CCCN(C(=O)CCn2cccn2)C1. The molecule has 1 aromatic rings. The number of aryl methyl sites for hydroxylation is 1. The second-order valence-corrected chi connectivity index (χ2v) is 5.28. The number of carbonyl (C=O) groups is 2. The molecule has 0 aliphatic carbocycles.